The van der Waals surface area contributed by atoms with Crippen LogP contribution in [0.3, 0.4) is 0 Å². The Morgan fingerprint density at radius 1 is 1.07 bits per heavy atom. The Bertz CT molecular complexity index is 987. The second-order valence-corrected chi connectivity index (χ2v) is 7.69. The van der Waals surface area contributed by atoms with Gasteiger partial charge in [-0.05, 0) is 55.2 Å². The highest BCUT2D eigenvalue weighted by molar-refractivity contribution is 5.95. The summed E-state index contributed by atoms with van der Waals surface area (Å²) in [7, 11) is 0. The van der Waals surface area contributed by atoms with Crippen LogP contribution < -0.4 is 10.2 Å². The molecule has 1 fully saturated rings. The number of morpholine rings is 1. The smallest absolute Gasteiger partial charge is 0.251 e. The number of aryl methyl sites for hydroxylation is 1. The number of anilines is 1. The second-order valence-electron chi connectivity index (χ2n) is 7.69. The van der Waals surface area contributed by atoms with E-state index in [1.165, 1.54) is 22.2 Å². The minimum Gasteiger partial charge on any atom is -0.378 e. The number of rotatable bonds is 3. The maximum Gasteiger partial charge on any atom is 0.251 e. The van der Waals surface area contributed by atoms with Crippen molar-refractivity contribution in [3.8, 4) is 0 Å². The van der Waals surface area contributed by atoms with Gasteiger partial charge < -0.3 is 19.9 Å². The molecule has 5 heteroatoms. The number of nitrogens with one attached hydrogen (secondary N) is 2. The second kappa shape index (κ2) is 7.32. The van der Waals surface area contributed by atoms with Crippen molar-refractivity contribution in [2.24, 2.45) is 0 Å². The molecule has 5 rings (SSSR count). The number of para-hydroxylation sites is 1. The van der Waals surface area contributed by atoms with Gasteiger partial charge >= 0.3 is 0 Å². The summed E-state index contributed by atoms with van der Waals surface area (Å²) in [5.74, 6) is 0.0156. The molecule has 0 spiro atoms. The highest BCUT2D eigenvalue weighted by atomic mass is 16.5. The summed E-state index contributed by atoms with van der Waals surface area (Å²) in [6.07, 6.45) is 2.83. The van der Waals surface area contributed by atoms with Gasteiger partial charge in [0.15, 0.2) is 0 Å². The number of fused-ring (bicyclic) bond motifs is 3. The first-order valence-electron chi connectivity index (χ1n) is 10.1. The third kappa shape index (κ3) is 3.27. The van der Waals surface area contributed by atoms with Crippen molar-refractivity contribution < 1.29 is 9.53 Å². The van der Waals surface area contributed by atoms with Crippen LogP contribution >= 0.6 is 0 Å². The van der Waals surface area contributed by atoms with Gasteiger partial charge in [0.25, 0.3) is 5.91 Å². The lowest BCUT2D eigenvalue weighted by Crippen LogP contribution is -2.39. The summed E-state index contributed by atoms with van der Waals surface area (Å²) in [4.78, 5) is 18.6. The van der Waals surface area contributed by atoms with Gasteiger partial charge in [0.2, 0.25) is 0 Å². The Labute approximate surface area is 164 Å². The molecule has 1 aliphatic carbocycles. The predicted octanol–water partition coefficient (Wildman–Crippen LogP) is 3.29. The minimum absolute atomic E-state index is 0.0156. The summed E-state index contributed by atoms with van der Waals surface area (Å²) >= 11 is 0. The van der Waals surface area contributed by atoms with Gasteiger partial charge in [0, 0.05) is 47.0 Å². The zero-order valence-electron chi connectivity index (χ0n) is 15.9. The maximum atomic E-state index is 12.8. The molecular weight excluding hydrogens is 350 g/mol. The molecule has 28 heavy (non-hydrogen) atoms. The number of hydrogen-bond acceptors (Lipinski definition) is 3. The Morgan fingerprint density at radius 3 is 2.68 bits per heavy atom. The van der Waals surface area contributed by atoms with E-state index in [1.54, 1.807) is 0 Å². The van der Waals surface area contributed by atoms with E-state index < -0.39 is 0 Å². The molecule has 2 heterocycles. The minimum atomic E-state index is 0.0156. The molecule has 0 bridgehead atoms. The number of aromatic amines is 1. The van der Waals surface area contributed by atoms with E-state index in [0.29, 0.717) is 0 Å². The van der Waals surface area contributed by atoms with Gasteiger partial charge in [-0.3, -0.25) is 4.79 Å². The van der Waals surface area contributed by atoms with Gasteiger partial charge in [0.05, 0.1) is 13.2 Å². The Kier molecular flexibility index (Phi) is 4.53. The quantitative estimate of drug-likeness (QED) is 0.739. The Balaban J connectivity index is 1.27. The van der Waals surface area contributed by atoms with Crippen molar-refractivity contribution in [1.29, 1.82) is 0 Å². The molecule has 1 amide bonds. The number of hydrogen-bond donors (Lipinski definition) is 2. The van der Waals surface area contributed by atoms with Crippen LogP contribution in [0.15, 0.2) is 48.5 Å². The molecule has 0 radical (unpaired) electrons. The van der Waals surface area contributed by atoms with Crippen LogP contribution in [0.25, 0.3) is 10.9 Å². The van der Waals surface area contributed by atoms with Crippen molar-refractivity contribution in [3.63, 3.8) is 0 Å². The zero-order chi connectivity index (χ0) is 18.9. The van der Waals surface area contributed by atoms with Crippen molar-refractivity contribution in [2.45, 2.75) is 25.3 Å². The van der Waals surface area contributed by atoms with Crippen LogP contribution in [0, 0.1) is 0 Å². The van der Waals surface area contributed by atoms with E-state index in [1.807, 2.05) is 24.3 Å². The van der Waals surface area contributed by atoms with Gasteiger partial charge in [-0.15, -0.1) is 0 Å². The van der Waals surface area contributed by atoms with Crippen LogP contribution in [0.2, 0.25) is 0 Å². The number of carbonyl (C=O) groups excluding carboxylic acids is 1. The molecule has 0 saturated carbocycles. The monoisotopic (exact) mass is 375 g/mol. The molecule has 2 aliphatic rings. The van der Waals surface area contributed by atoms with Crippen LogP contribution in [0.5, 0.6) is 0 Å². The third-order valence-corrected chi connectivity index (χ3v) is 5.94. The van der Waals surface area contributed by atoms with Crippen molar-refractivity contribution in [3.05, 3.63) is 65.4 Å². The largest absolute Gasteiger partial charge is 0.378 e. The number of carbonyl (C=O) groups is 1. The van der Waals surface area contributed by atoms with Gasteiger partial charge in [-0.25, -0.2) is 0 Å². The molecule has 1 saturated heterocycles. The molecular formula is C23H25N3O2. The van der Waals surface area contributed by atoms with E-state index in [2.05, 4.69) is 39.5 Å². The average molecular weight is 375 g/mol. The fourth-order valence-corrected chi connectivity index (χ4v) is 4.41. The lowest BCUT2D eigenvalue weighted by Gasteiger charge is -2.29. The molecule has 3 aromatic rings. The fraction of sp³-hybridized carbons (Fsp3) is 0.348. The standard InChI is InChI=1S/C23H25N3O2/c27-23(16-5-8-18(9-6-16)26-11-13-28-14-12-26)24-17-7-10-22-20(15-17)19-3-1-2-4-21(19)25-22/h1-6,8-9,17,25H,7,10-15H2,(H,24,27). The third-order valence-electron chi connectivity index (χ3n) is 5.94. The highest BCUT2D eigenvalue weighted by Gasteiger charge is 2.24. The summed E-state index contributed by atoms with van der Waals surface area (Å²) < 4.78 is 5.41. The number of nitrogens with zero attached hydrogens (tertiary/aromatic N) is 1. The molecule has 1 unspecified atom stereocenters. The molecule has 5 nitrogen and oxygen atoms in total. The fourth-order valence-electron chi connectivity index (χ4n) is 4.41. The van der Waals surface area contributed by atoms with E-state index >= 15 is 0 Å². The Hall–Kier alpha value is -2.79. The summed E-state index contributed by atoms with van der Waals surface area (Å²) in [6.45, 7) is 3.33. The van der Waals surface area contributed by atoms with E-state index in [0.717, 1.165) is 56.8 Å². The zero-order valence-corrected chi connectivity index (χ0v) is 15.9. The molecule has 1 aliphatic heterocycles. The van der Waals surface area contributed by atoms with Crippen molar-refractivity contribution >= 4 is 22.5 Å². The number of aromatic nitrogens is 1. The van der Waals surface area contributed by atoms with E-state index in [9.17, 15) is 4.79 Å². The topological polar surface area (TPSA) is 57.4 Å². The van der Waals surface area contributed by atoms with E-state index in [-0.39, 0.29) is 11.9 Å². The average Bonchev–Trinajstić information content (AvgIpc) is 3.12. The van der Waals surface area contributed by atoms with Crippen molar-refractivity contribution in [2.75, 3.05) is 31.2 Å². The van der Waals surface area contributed by atoms with Crippen LogP contribution in [0.1, 0.15) is 28.0 Å². The summed E-state index contributed by atoms with van der Waals surface area (Å²) in [5.41, 5.74) is 5.75. The number of amides is 1. The SMILES string of the molecule is O=C(NC1CCc2[nH]c3ccccc3c2C1)c1ccc(N2CCOCC2)cc1. The van der Waals surface area contributed by atoms with Gasteiger partial charge in [-0.1, -0.05) is 18.2 Å². The Morgan fingerprint density at radius 2 is 1.86 bits per heavy atom. The van der Waals surface area contributed by atoms with Crippen molar-refractivity contribution in [1.82, 2.24) is 10.3 Å². The molecule has 2 N–H and O–H groups in total. The first-order chi connectivity index (χ1) is 13.8. The summed E-state index contributed by atoms with van der Waals surface area (Å²) in [5, 5.41) is 4.53. The van der Waals surface area contributed by atoms with Crippen LogP contribution in [-0.4, -0.2) is 43.2 Å². The first kappa shape index (κ1) is 17.3. The maximum absolute atomic E-state index is 12.8. The predicted molar refractivity (Wildman–Crippen MR) is 111 cm³/mol. The van der Waals surface area contributed by atoms with Gasteiger partial charge in [0.1, 0.15) is 0 Å². The number of ether oxygens (including phenoxy) is 1. The lowest BCUT2D eigenvalue weighted by atomic mass is 9.91. The molecule has 1 aromatic heterocycles. The number of H-pyrrole nitrogens is 1. The highest BCUT2D eigenvalue weighted by Crippen LogP contribution is 2.29. The molecule has 2 aromatic carbocycles. The van der Waals surface area contributed by atoms with E-state index in [4.69, 9.17) is 4.74 Å². The van der Waals surface area contributed by atoms with Crippen LogP contribution in [0.4, 0.5) is 5.69 Å². The van der Waals surface area contributed by atoms with Crippen LogP contribution in [-0.2, 0) is 17.6 Å². The lowest BCUT2D eigenvalue weighted by molar-refractivity contribution is 0.0933. The first-order valence-corrected chi connectivity index (χ1v) is 10.1. The van der Waals surface area contributed by atoms with Gasteiger partial charge in [-0.2, -0.15) is 0 Å². The normalized spacial score (nSPS) is 19.4. The molecule has 1 atom stereocenters. The molecule has 144 valence electrons. The number of benzene rings is 2. The summed E-state index contributed by atoms with van der Waals surface area (Å²) in [6, 6.07) is 16.5.